The number of ether oxygens (including phenoxy) is 1. The number of amides is 1. The van der Waals surface area contributed by atoms with Gasteiger partial charge in [0.2, 0.25) is 0 Å². The molecule has 0 aromatic carbocycles. The van der Waals surface area contributed by atoms with Crippen molar-refractivity contribution in [3.05, 3.63) is 35.2 Å². The van der Waals surface area contributed by atoms with Crippen molar-refractivity contribution in [2.24, 2.45) is 0 Å². The van der Waals surface area contributed by atoms with Crippen molar-refractivity contribution in [3.63, 3.8) is 0 Å². The number of imidazole rings is 1. The maximum absolute atomic E-state index is 13.1. The lowest BCUT2D eigenvalue weighted by Gasteiger charge is -2.32. The van der Waals surface area contributed by atoms with E-state index in [1.807, 2.05) is 17.3 Å². The number of carbonyl (C=O) groups excluding carboxylic acids is 1. The zero-order valence-corrected chi connectivity index (χ0v) is 15.4. The number of hydrogen-bond donors (Lipinski definition) is 1. The molecule has 1 saturated heterocycles. The van der Waals surface area contributed by atoms with Gasteiger partial charge in [-0.1, -0.05) is 0 Å². The number of nitrogens with zero attached hydrogens (tertiary/aromatic N) is 4. The Hall–Kier alpha value is -2.15. The smallest absolute Gasteiger partial charge is 0.274 e. The lowest BCUT2D eigenvalue weighted by Crippen LogP contribution is -2.40. The molecule has 7 heteroatoms. The highest BCUT2D eigenvalue weighted by Crippen LogP contribution is 2.28. The Kier molecular flexibility index (Phi) is 5.06. The van der Waals surface area contributed by atoms with Gasteiger partial charge in [-0.25, -0.2) is 4.98 Å². The van der Waals surface area contributed by atoms with E-state index in [1.54, 1.807) is 7.11 Å². The summed E-state index contributed by atoms with van der Waals surface area (Å²) in [7, 11) is 1.71. The summed E-state index contributed by atoms with van der Waals surface area (Å²) >= 11 is 0. The summed E-state index contributed by atoms with van der Waals surface area (Å²) in [4.78, 5) is 19.6. The number of fused-ring (bicyclic) bond motifs is 1. The Balaban J connectivity index is 1.49. The van der Waals surface area contributed by atoms with E-state index in [0.29, 0.717) is 18.8 Å². The van der Waals surface area contributed by atoms with E-state index in [2.05, 4.69) is 19.7 Å². The number of H-pyrrole nitrogens is 1. The lowest BCUT2D eigenvalue weighted by molar-refractivity contribution is 0.0695. The predicted molar refractivity (Wildman–Crippen MR) is 97.2 cm³/mol. The summed E-state index contributed by atoms with van der Waals surface area (Å²) in [6, 6.07) is 0. The first kappa shape index (κ1) is 17.3. The van der Waals surface area contributed by atoms with Crippen LogP contribution in [0.5, 0.6) is 0 Å². The first-order valence-corrected chi connectivity index (χ1v) is 9.63. The van der Waals surface area contributed by atoms with Crippen molar-refractivity contribution >= 4 is 5.91 Å². The number of carbonyl (C=O) groups is 1. The zero-order chi connectivity index (χ0) is 17.9. The number of aryl methyl sites for hydroxylation is 1. The molecule has 0 bridgehead atoms. The number of methoxy groups -OCH3 is 1. The molecule has 4 rings (SSSR count). The van der Waals surface area contributed by atoms with Crippen LogP contribution in [0.25, 0.3) is 0 Å². The number of piperidine rings is 1. The van der Waals surface area contributed by atoms with E-state index < -0.39 is 0 Å². The van der Waals surface area contributed by atoms with Gasteiger partial charge in [-0.2, -0.15) is 5.10 Å². The van der Waals surface area contributed by atoms with Crippen molar-refractivity contribution in [2.75, 3.05) is 26.8 Å². The summed E-state index contributed by atoms with van der Waals surface area (Å²) in [6.45, 7) is 2.97. The quantitative estimate of drug-likeness (QED) is 0.890. The molecule has 3 heterocycles. The number of aromatic nitrogens is 4. The summed E-state index contributed by atoms with van der Waals surface area (Å²) in [5.41, 5.74) is 2.94. The average Bonchev–Trinajstić information content (AvgIpc) is 3.33. The summed E-state index contributed by atoms with van der Waals surface area (Å²) in [5.74, 6) is 1.40. The molecular weight excluding hydrogens is 330 g/mol. The number of hydrogen-bond acceptors (Lipinski definition) is 4. The molecule has 2 aromatic rings. The van der Waals surface area contributed by atoms with Crippen molar-refractivity contribution in [1.29, 1.82) is 0 Å². The average molecular weight is 357 g/mol. The summed E-state index contributed by atoms with van der Waals surface area (Å²) in [5, 5.41) is 7.45. The Morgan fingerprint density at radius 1 is 1.35 bits per heavy atom. The second kappa shape index (κ2) is 7.61. The molecule has 1 fully saturated rings. The molecule has 0 spiro atoms. The fourth-order valence-electron chi connectivity index (χ4n) is 4.24. The highest BCUT2D eigenvalue weighted by molar-refractivity contribution is 5.94. The third-order valence-corrected chi connectivity index (χ3v) is 5.62. The fraction of sp³-hybridized carbons (Fsp3) is 0.632. The molecule has 26 heavy (non-hydrogen) atoms. The van der Waals surface area contributed by atoms with Crippen LogP contribution in [0.2, 0.25) is 0 Å². The lowest BCUT2D eigenvalue weighted by atomic mass is 9.94. The van der Waals surface area contributed by atoms with Gasteiger partial charge in [-0.3, -0.25) is 9.89 Å². The minimum atomic E-state index is 0.0732. The summed E-state index contributed by atoms with van der Waals surface area (Å²) < 4.78 is 7.35. The Labute approximate surface area is 153 Å². The van der Waals surface area contributed by atoms with Crippen LogP contribution in [-0.4, -0.2) is 57.4 Å². The number of likely N-dealkylation sites (tertiary alicyclic amines) is 1. The molecule has 140 valence electrons. The van der Waals surface area contributed by atoms with E-state index in [1.165, 1.54) is 6.42 Å². The SMILES string of the molecule is COCCn1ccnc1C1CCCN(C(=O)c2n[nH]c3c2CCCC3)C1. The maximum Gasteiger partial charge on any atom is 0.274 e. The Morgan fingerprint density at radius 2 is 2.23 bits per heavy atom. The molecule has 1 aliphatic heterocycles. The molecule has 1 unspecified atom stereocenters. The van der Waals surface area contributed by atoms with E-state index in [0.717, 1.165) is 62.3 Å². The second-order valence-electron chi connectivity index (χ2n) is 7.30. The van der Waals surface area contributed by atoms with Crippen LogP contribution in [-0.2, 0) is 24.1 Å². The molecule has 2 aliphatic rings. The number of nitrogens with one attached hydrogen (secondary N) is 1. The Bertz CT molecular complexity index is 766. The number of rotatable bonds is 5. The molecule has 1 aliphatic carbocycles. The molecule has 2 aromatic heterocycles. The van der Waals surface area contributed by atoms with Crippen molar-refractivity contribution in [1.82, 2.24) is 24.6 Å². The summed E-state index contributed by atoms with van der Waals surface area (Å²) in [6.07, 6.45) is 10.2. The predicted octanol–water partition coefficient (Wildman–Crippen LogP) is 2.15. The van der Waals surface area contributed by atoms with Crippen LogP contribution >= 0.6 is 0 Å². The first-order valence-electron chi connectivity index (χ1n) is 9.63. The fourth-order valence-corrected chi connectivity index (χ4v) is 4.24. The number of aromatic amines is 1. The van der Waals surface area contributed by atoms with Crippen molar-refractivity contribution in [3.8, 4) is 0 Å². The normalized spacial score (nSPS) is 20.2. The van der Waals surface area contributed by atoms with Crippen LogP contribution in [0.3, 0.4) is 0 Å². The third kappa shape index (κ3) is 3.28. The maximum atomic E-state index is 13.1. The van der Waals surface area contributed by atoms with Gasteiger partial charge in [0.15, 0.2) is 5.69 Å². The van der Waals surface area contributed by atoms with Gasteiger partial charge < -0.3 is 14.2 Å². The third-order valence-electron chi connectivity index (χ3n) is 5.62. The minimum absolute atomic E-state index is 0.0732. The molecule has 0 saturated carbocycles. The van der Waals surface area contributed by atoms with E-state index in [4.69, 9.17) is 4.74 Å². The molecule has 7 nitrogen and oxygen atoms in total. The van der Waals surface area contributed by atoms with Crippen LogP contribution in [0.15, 0.2) is 12.4 Å². The van der Waals surface area contributed by atoms with Gasteiger partial charge in [0.1, 0.15) is 5.82 Å². The largest absolute Gasteiger partial charge is 0.383 e. The van der Waals surface area contributed by atoms with E-state index in [-0.39, 0.29) is 11.8 Å². The van der Waals surface area contributed by atoms with Crippen molar-refractivity contribution < 1.29 is 9.53 Å². The molecule has 0 radical (unpaired) electrons. The molecule has 1 atom stereocenters. The highest BCUT2D eigenvalue weighted by atomic mass is 16.5. The van der Waals surface area contributed by atoms with Crippen LogP contribution in [0.4, 0.5) is 0 Å². The van der Waals surface area contributed by atoms with Gasteiger partial charge in [-0.15, -0.1) is 0 Å². The van der Waals surface area contributed by atoms with Gasteiger partial charge in [-0.05, 0) is 38.5 Å². The topological polar surface area (TPSA) is 76.0 Å². The van der Waals surface area contributed by atoms with Crippen molar-refractivity contribution in [2.45, 2.75) is 51.0 Å². The van der Waals surface area contributed by atoms with Gasteiger partial charge in [0.05, 0.1) is 6.61 Å². The molecule has 1 N–H and O–H groups in total. The first-order chi connectivity index (χ1) is 12.8. The highest BCUT2D eigenvalue weighted by Gasteiger charge is 2.31. The second-order valence-corrected chi connectivity index (χ2v) is 7.30. The van der Waals surface area contributed by atoms with Crippen LogP contribution in [0, 0.1) is 0 Å². The molecular formula is C19H27N5O2. The van der Waals surface area contributed by atoms with Crippen LogP contribution < -0.4 is 0 Å². The monoisotopic (exact) mass is 357 g/mol. The van der Waals surface area contributed by atoms with Gasteiger partial charge in [0, 0.05) is 56.3 Å². The molecule has 1 amide bonds. The zero-order valence-electron chi connectivity index (χ0n) is 15.4. The van der Waals surface area contributed by atoms with Crippen LogP contribution in [0.1, 0.15) is 59.2 Å². The van der Waals surface area contributed by atoms with Gasteiger partial charge >= 0.3 is 0 Å². The van der Waals surface area contributed by atoms with E-state index in [9.17, 15) is 4.79 Å². The Morgan fingerprint density at radius 3 is 3.12 bits per heavy atom. The standard InChI is InChI=1S/C19H27N5O2/c1-26-12-11-23-10-8-20-18(23)14-5-4-9-24(13-14)19(25)17-15-6-2-3-7-16(15)21-22-17/h8,10,14H,2-7,9,11-13H2,1H3,(H,21,22). The minimum Gasteiger partial charge on any atom is -0.383 e. The van der Waals surface area contributed by atoms with Gasteiger partial charge in [0.25, 0.3) is 5.91 Å². The van der Waals surface area contributed by atoms with E-state index >= 15 is 0 Å².